The van der Waals surface area contributed by atoms with Crippen LogP contribution in [0, 0.1) is 17.3 Å². The van der Waals surface area contributed by atoms with Crippen molar-refractivity contribution in [2.75, 3.05) is 13.1 Å². The number of likely N-dealkylation sites (tertiary alicyclic amines) is 1. The second kappa shape index (κ2) is 18.4. The summed E-state index contributed by atoms with van der Waals surface area (Å²) >= 11 is 0. The number of nitrogens with zero attached hydrogens (tertiary/aromatic N) is 3. The molecular weight excluding hydrogens is 704 g/mol. The van der Waals surface area contributed by atoms with Gasteiger partial charge in [0.1, 0.15) is 17.8 Å². The van der Waals surface area contributed by atoms with Crippen LogP contribution in [-0.2, 0) is 24.0 Å². The van der Waals surface area contributed by atoms with Gasteiger partial charge in [0.05, 0.1) is 24.2 Å². The van der Waals surface area contributed by atoms with Gasteiger partial charge >= 0.3 is 0 Å². The summed E-state index contributed by atoms with van der Waals surface area (Å²) in [5.74, 6) is -5.21. The molecule has 55 heavy (non-hydrogen) atoms. The van der Waals surface area contributed by atoms with Crippen LogP contribution in [-0.4, -0.2) is 99.4 Å². The van der Waals surface area contributed by atoms with Crippen molar-refractivity contribution in [2.24, 2.45) is 17.3 Å². The van der Waals surface area contributed by atoms with Crippen molar-refractivity contribution in [3.8, 4) is 0 Å². The molecule has 2 aromatic rings. The number of amides is 6. The number of rotatable bonds is 15. The van der Waals surface area contributed by atoms with Crippen LogP contribution in [0.4, 0.5) is 0 Å². The second-order valence-electron chi connectivity index (χ2n) is 16.0. The highest BCUT2D eigenvalue weighted by atomic mass is 16.2. The average Bonchev–Trinajstić information content (AvgIpc) is 3.90. The van der Waals surface area contributed by atoms with Crippen molar-refractivity contribution in [1.29, 1.82) is 0 Å². The Morgan fingerprint density at radius 2 is 1.55 bits per heavy atom. The van der Waals surface area contributed by atoms with E-state index in [2.05, 4.69) is 36.6 Å². The Hall–Kier alpha value is -5.21. The third-order valence-electron chi connectivity index (χ3n) is 10.5. The molecule has 5 rings (SSSR count). The van der Waals surface area contributed by atoms with E-state index in [9.17, 15) is 33.6 Å². The van der Waals surface area contributed by atoms with E-state index in [1.165, 1.54) is 23.5 Å². The third-order valence-corrected chi connectivity index (χ3v) is 10.5. The summed E-state index contributed by atoms with van der Waals surface area (Å²) in [6.07, 6.45) is 10.8. The predicted molar refractivity (Wildman–Crippen MR) is 202 cm³/mol. The van der Waals surface area contributed by atoms with E-state index in [-0.39, 0.29) is 43.1 Å². The molecule has 1 aromatic heterocycles. The largest absolute Gasteiger partial charge is 0.349 e. The molecule has 5 atom stereocenters. The Balaban J connectivity index is 1.36. The molecule has 0 spiro atoms. The molecule has 0 radical (unpaired) electrons. The minimum atomic E-state index is -1.11. The van der Waals surface area contributed by atoms with E-state index in [0.29, 0.717) is 12.0 Å². The zero-order valence-electron chi connectivity index (χ0n) is 32.1. The van der Waals surface area contributed by atoms with Gasteiger partial charge in [-0.25, -0.2) is 4.98 Å². The molecule has 1 saturated heterocycles. The quantitative estimate of drug-likeness (QED) is 0.168. The topological polar surface area (TPSA) is 209 Å². The SMILES string of the molecule is CCC[C@H](NC(=O)[C@@H]1CN(C(=O)c2ccccc2)C[C@@H]1NC(=O)[C@@H](NC(=O)[C@@H](NC(=O)c1cnccn1)C1CCCCC1)C(C)(C)C)C(=O)C(=O)NC1CC1. The number of ketones is 1. The number of hydrogen-bond donors (Lipinski definition) is 5. The molecule has 0 bridgehead atoms. The van der Waals surface area contributed by atoms with E-state index in [4.69, 9.17) is 0 Å². The molecule has 15 nitrogen and oxygen atoms in total. The number of hydrogen-bond acceptors (Lipinski definition) is 9. The van der Waals surface area contributed by atoms with Crippen LogP contribution >= 0.6 is 0 Å². The Morgan fingerprint density at radius 3 is 2.16 bits per heavy atom. The molecule has 2 aliphatic carbocycles. The van der Waals surface area contributed by atoms with Gasteiger partial charge in [0.2, 0.25) is 23.5 Å². The minimum absolute atomic E-state index is 0.0181. The van der Waals surface area contributed by atoms with Crippen LogP contribution < -0.4 is 26.6 Å². The van der Waals surface area contributed by atoms with Gasteiger partial charge in [-0.3, -0.25) is 38.5 Å². The lowest BCUT2D eigenvalue weighted by Gasteiger charge is -2.35. The highest BCUT2D eigenvalue weighted by molar-refractivity contribution is 6.38. The Labute approximate surface area is 321 Å². The van der Waals surface area contributed by atoms with Gasteiger partial charge in [-0.1, -0.05) is 71.6 Å². The van der Waals surface area contributed by atoms with Gasteiger partial charge in [0.15, 0.2) is 0 Å². The fourth-order valence-corrected chi connectivity index (χ4v) is 7.29. The van der Waals surface area contributed by atoms with Crippen LogP contribution in [0.3, 0.4) is 0 Å². The van der Waals surface area contributed by atoms with Crippen molar-refractivity contribution in [3.05, 3.63) is 60.2 Å². The highest BCUT2D eigenvalue weighted by Crippen LogP contribution is 2.29. The lowest BCUT2D eigenvalue weighted by molar-refractivity contribution is -0.140. The number of carbonyl (C=O) groups is 7. The summed E-state index contributed by atoms with van der Waals surface area (Å²) in [7, 11) is 0. The van der Waals surface area contributed by atoms with Crippen molar-refractivity contribution >= 4 is 41.2 Å². The molecule has 1 aromatic carbocycles. The van der Waals surface area contributed by atoms with Crippen LogP contribution in [0.25, 0.3) is 0 Å². The standard InChI is InChI=1S/C40H54N8O7/c1-5-12-28(32(49)37(53)43-26-17-18-26)44-34(50)27-22-48(39(55)25-15-10-7-11-16-25)23-30(27)45-38(54)33(40(2,3)4)47-36(52)31(24-13-8-6-9-14-24)46-35(51)29-21-41-19-20-42-29/h7,10-11,15-16,19-21,24,26-28,30-31,33H,5-6,8-9,12-14,17-18,22-23H2,1-4H3,(H,43,53)(H,44,50)(H,45,54)(H,46,51)(H,47,52)/t27-,28+,30+,31+,33-/m1/s1. The highest BCUT2D eigenvalue weighted by Gasteiger charge is 2.45. The minimum Gasteiger partial charge on any atom is -0.349 e. The first kappa shape index (κ1) is 41.0. The van der Waals surface area contributed by atoms with E-state index in [0.717, 1.165) is 44.9 Å². The zero-order valence-corrected chi connectivity index (χ0v) is 32.1. The van der Waals surface area contributed by atoms with Crippen molar-refractivity contribution in [1.82, 2.24) is 41.5 Å². The maximum atomic E-state index is 14.3. The number of nitrogens with one attached hydrogen (secondary N) is 5. The van der Waals surface area contributed by atoms with Crippen LogP contribution in [0.5, 0.6) is 0 Å². The summed E-state index contributed by atoms with van der Waals surface area (Å²) in [5, 5.41) is 14.2. The number of benzene rings is 1. The molecule has 3 fully saturated rings. The van der Waals surface area contributed by atoms with E-state index < -0.39 is 70.8 Å². The maximum absolute atomic E-state index is 14.3. The summed E-state index contributed by atoms with van der Waals surface area (Å²) in [6.45, 7) is 7.15. The molecule has 296 valence electrons. The normalized spacial score (nSPS) is 20.3. The predicted octanol–water partition coefficient (Wildman–Crippen LogP) is 2.08. The summed E-state index contributed by atoms with van der Waals surface area (Å²) in [4.78, 5) is 105. The van der Waals surface area contributed by atoms with E-state index in [1.54, 1.807) is 51.1 Å². The molecule has 2 saturated carbocycles. The van der Waals surface area contributed by atoms with Gasteiger partial charge < -0.3 is 31.5 Å². The van der Waals surface area contributed by atoms with Crippen LogP contribution in [0.2, 0.25) is 0 Å². The fourth-order valence-electron chi connectivity index (χ4n) is 7.29. The smallest absolute Gasteiger partial charge is 0.289 e. The summed E-state index contributed by atoms with van der Waals surface area (Å²) in [5.41, 5.74) is -0.357. The third kappa shape index (κ3) is 10.9. The van der Waals surface area contributed by atoms with Gasteiger partial charge in [-0.05, 0) is 55.6 Å². The van der Waals surface area contributed by atoms with Crippen LogP contribution in [0.15, 0.2) is 48.9 Å². The molecule has 6 amide bonds. The summed E-state index contributed by atoms with van der Waals surface area (Å²) in [6, 6.07) is 4.50. The lowest BCUT2D eigenvalue weighted by atomic mass is 9.82. The summed E-state index contributed by atoms with van der Waals surface area (Å²) < 4.78 is 0. The monoisotopic (exact) mass is 758 g/mol. The van der Waals surface area contributed by atoms with Gasteiger partial charge in [0, 0.05) is 37.1 Å². The Bertz CT molecular complexity index is 1710. The first-order valence-corrected chi connectivity index (χ1v) is 19.4. The van der Waals surface area contributed by atoms with Gasteiger partial charge in [-0.2, -0.15) is 0 Å². The molecule has 15 heteroatoms. The molecule has 3 aliphatic rings. The number of Topliss-reactive ketones (excluding diaryl/α,β-unsaturated/α-hetero) is 1. The number of aromatic nitrogens is 2. The first-order chi connectivity index (χ1) is 26.3. The maximum Gasteiger partial charge on any atom is 0.289 e. The molecule has 2 heterocycles. The fraction of sp³-hybridized carbons (Fsp3) is 0.575. The first-order valence-electron chi connectivity index (χ1n) is 19.4. The van der Waals surface area contributed by atoms with Crippen molar-refractivity contribution < 1.29 is 33.6 Å². The number of carbonyl (C=O) groups excluding carboxylic acids is 7. The van der Waals surface area contributed by atoms with Crippen LogP contribution in [0.1, 0.15) is 106 Å². The van der Waals surface area contributed by atoms with Crippen molar-refractivity contribution in [2.45, 2.75) is 116 Å². The van der Waals surface area contributed by atoms with Gasteiger partial charge in [0.25, 0.3) is 17.7 Å². The van der Waals surface area contributed by atoms with Gasteiger partial charge in [-0.15, -0.1) is 0 Å². The average molecular weight is 759 g/mol. The van der Waals surface area contributed by atoms with E-state index in [1.807, 2.05) is 6.92 Å². The Kier molecular flexibility index (Phi) is 13.7. The second-order valence-corrected chi connectivity index (χ2v) is 16.0. The molecule has 5 N–H and O–H groups in total. The zero-order chi connectivity index (χ0) is 39.7. The molecule has 1 aliphatic heterocycles. The Morgan fingerprint density at radius 1 is 0.836 bits per heavy atom. The van der Waals surface area contributed by atoms with E-state index >= 15 is 0 Å². The lowest BCUT2D eigenvalue weighted by Crippen LogP contribution is -2.61. The molecular formula is C40H54N8O7. The molecule has 0 unspecified atom stereocenters. The van der Waals surface area contributed by atoms with Crippen molar-refractivity contribution in [3.63, 3.8) is 0 Å².